The number of carbonyl (C=O) groups excluding carboxylic acids is 2. The third kappa shape index (κ3) is 3.89. The summed E-state index contributed by atoms with van der Waals surface area (Å²) in [6.07, 6.45) is 0. The molecule has 146 valence electrons. The Hall–Kier alpha value is -3.50. The summed E-state index contributed by atoms with van der Waals surface area (Å²) in [6.45, 7) is 6.48. The molecule has 2 aromatic carbocycles. The number of esters is 2. The van der Waals surface area contributed by atoms with E-state index in [9.17, 15) is 9.59 Å². The van der Waals surface area contributed by atoms with Gasteiger partial charge in [-0.1, -0.05) is 24.0 Å². The minimum absolute atomic E-state index is 0.0766. The van der Waals surface area contributed by atoms with Gasteiger partial charge >= 0.3 is 11.9 Å². The molecule has 29 heavy (non-hydrogen) atoms. The second-order valence-corrected chi connectivity index (χ2v) is 6.91. The summed E-state index contributed by atoms with van der Waals surface area (Å²) in [5.41, 5.74) is 4.85. The molecule has 4 heteroatoms. The summed E-state index contributed by atoms with van der Waals surface area (Å²) in [5, 5.41) is 0. The van der Waals surface area contributed by atoms with Gasteiger partial charge in [-0.05, 0) is 60.4 Å². The van der Waals surface area contributed by atoms with E-state index >= 15 is 0 Å². The number of benzene rings is 2. The van der Waals surface area contributed by atoms with Crippen molar-refractivity contribution in [3.63, 3.8) is 0 Å². The highest BCUT2D eigenvalue weighted by atomic mass is 16.5. The highest BCUT2D eigenvalue weighted by molar-refractivity contribution is 5.83. The summed E-state index contributed by atoms with van der Waals surface area (Å²) in [7, 11) is 0. The van der Waals surface area contributed by atoms with Gasteiger partial charge in [-0.25, -0.2) is 0 Å². The average molecular weight is 386 g/mol. The Kier molecular flexibility index (Phi) is 5.76. The lowest BCUT2D eigenvalue weighted by molar-refractivity contribution is -0.146. The number of fused-ring (bicyclic) bond motifs is 3. The highest BCUT2D eigenvalue weighted by Crippen LogP contribution is 2.50. The van der Waals surface area contributed by atoms with E-state index in [0.717, 1.165) is 33.4 Å². The lowest BCUT2D eigenvalue weighted by atomic mass is 9.79. The number of rotatable bonds is 4. The summed E-state index contributed by atoms with van der Waals surface area (Å²) in [4.78, 5) is 23.2. The van der Waals surface area contributed by atoms with Crippen LogP contribution in [0.25, 0.3) is 11.1 Å². The quantitative estimate of drug-likeness (QED) is 0.592. The molecular formula is C25H22O4. The minimum atomic E-state index is -0.779. The Bertz CT molecular complexity index is 1010. The van der Waals surface area contributed by atoms with Gasteiger partial charge in [0.05, 0.1) is 5.41 Å². The van der Waals surface area contributed by atoms with Crippen LogP contribution in [0.15, 0.2) is 36.4 Å². The van der Waals surface area contributed by atoms with Gasteiger partial charge in [0.2, 0.25) is 0 Å². The monoisotopic (exact) mass is 386 g/mol. The molecule has 0 radical (unpaired) electrons. The van der Waals surface area contributed by atoms with Crippen LogP contribution < -0.4 is 0 Å². The predicted molar refractivity (Wildman–Crippen MR) is 111 cm³/mol. The Labute approximate surface area is 171 Å². The van der Waals surface area contributed by atoms with E-state index in [2.05, 4.69) is 23.7 Å². The van der Waals surface area contributed by atoms with E-state index in [0.29, 0.717) is 0 Å². The van der Waals surface area contributed by atoms with Crippen molar-refractivity contribution in [2.24, 2.45) is 0 Å². The van der Waals surface area contributed by atoms with Crippen LogP contribution in [-0.2, 0) is 24.5 Å². The minimum Gasteiger partial charge on any atom is -0.464 e. The van der Waals surface area contributed by atoms with Gasteiger partial charge in [0.1, 0.15) is 13.2 Å². The van der Waals surface area contributed by atoms with Crippen molar-refractivity contribution in [1.82, 2.24) is 0 Å². The molecular weight excluding hydrogens is 364 g/mol. The lowest BCUT2D eigenvalue weighted by Gasteiger charge is -2.30. The third-order valence-electron chi connectivity index (χ3n) is 4.94. The van der Waals surface area contributed by atoms with Crippen LogP contribution in [-0.4, -0.2) is 25.2 Å². The van der Waals surface area contributed by atoms with Crippen molar-refractivity contribution in [3.8, 4) is 34.8 Å². The van der Waals surface area contributed by atoms with Crippen molar-refractivity contribution in [3.05, 3.63) is 58.7 Å². The molecule has 3 rings (SSSR count). The van der Waals surface area contributed by atoms with Crippen LogP contribution in [0.3, 0.4) is 0 Å². The molecule has 1 aliphatic carbocycles. The molecule has 0 spiro atoms. The van der Waals surface area contributed by atoms with Crippen molar-refractivity contribution in [2.75, 3.05) is 13.2 Å². The fourth-order valence-corrected chi connectivity index (χ4v) is 3.76. The molecule has 0 saturated carbocycles. The SMILES string of the molecule is CC#Cc1ccc2c(c1)-c1cc(C#CC)ccc1C2(COC(C)=O)COC(C)=O. The molecule has 0 aliphatic heterocycles. The van der Waals surface area contributed by atoms with E-state index in [1.54, 1.807) is 13.8 Å². The molecule has 4 nitrogen and oxygen atoms in total. The number of hydrogen-bond donors (Lipinski definition) is 0. The molecule has 2 aromatic rings. The smallest absolute Gasteiger partial charge is 0.302 e. The molecule has 0 aromatic heterocycles. The third-order valence-corrected chi connectivity index (χ3v) is 4.94. The second kappa shape index (κ2) is 8.25. The first kappa shape index (κ1) is 20.2. The van der Waals surface area contributed by atoms with Crippen LogP contribution in [0.2, 0.25) is 0 Å². The van der Waals surface area contributed by atoms with Gasteiger partial charge in [-0.15, -0.1) is 11.8 Å². The standard InChI is InChI=1S/C25H22O4/c1-5-7-19-9-11-23-21(13-19)22-14-20(8-6-2)10-12-24(22)25(23,15-28-17(3)26)16-29-18(4)27/h9-14H,15-16H2,1-4H3. The molecule has 0 unspecified atom stereocenters. The maximum atomic E-state index is 11.6. The Balaban J connectivity index is 2.27. The van der Waals surface area contributed by atoms with E-state index in [1.165, 1.54) is 13.8 Å². The van der Waals surface area contributed by atoms with Gasteiger partial charge in [-0.2, -0.15) is 0 Å². The van der Waals surface area contributed by atoms with Gasteiger partial charge in [0, 0.05) is 25.0 Å². The van der Waals surface area contributed by atoms with Crippen LogP contribution in [0.4, 0.5) is 0 Å². The highest BCUT2D eigenvalue weighted by Gasteiger charge is 2.45. The maximum absolute atomic E-state index is 11.6. The predicted octanol–water partition coefficient (Wildman–Crippen LogP) is 3.82. The largest absolute Gasteiger partial charge is 0.464 e. The first-order valence-corrected chi connectivity index (χ1v) is 9.33. The van der Waals surface area contributed by atoms with Crippen molar-refractivity contribution in [2.45, 2.75) is 33.1 Å². The summed E-state index contributed by atoms with van der Waals surface area (Å²) in [5.74, 6) is 11.2. The van der Waals surface area contributed by atoms with Crippen LogP contribution >= 0.6 is 0 Å². The fraction of sp³-hybridized carbons (Fsp3) is 0.280. The molecule has 0 bridgehead atoms. The van der Waals surface area contributed by atoms with Gasteiger partial charge < -0.3 is 9.47 Å². The Morgan fingerprint density at radius 1 is 0.793 bits per heavy atom. The van der Waals surface area contributed by atoms with Crippen LogP contribution in [0, 0.1) is 23.7 Å². The Morgan fingerprint density at radius 2 is 1.21 bits per heavy atom. The number of carbonyl (C=O) groups is 2. The number of hydrogen-bond acceptors (Lipinski definition) is 4. The van der Waals surface area contributed by atoms with Crippen molar-refractivity contribution in [1.29, 1.82) is 0 Å². The van der Waals surface area contributed by atoms with Crippen LogP contribution in [0.5, 0.6) is 0 Å². The average Bonchev–Trinajstić information content (AvgIpc) is 2.95. The topological polar surface area (TPSA) is 52.6 Å². The van der Waals surface area contributed by atoms with E-state index in [4.69, 9.17) is 9.47 Å². The normalized spacial score (nSPS) is 12.4. The fourth-order valence-electron chi connectivity index (χ4n) is 3.76. The first-order chi connectivity index (χ1) is 13.9. The molecule has 0 N–H and O–H groups in total. The zero-order valence-corrected chi connectivity index (χ0v) is 17.0. The Morgan fingerprint density at radius 3 is 1.55 bits per heavy atom. The second-order valence-electron chi connectivity index (χ2n) is 6.91. The molecule has 1 aliphatic rings. The zero-order valence-electron chi connectivity index (χ0n) is 17.0. The number of ether oxygens (including phenoxy) is 2. The van der Waals surface area contributed by atoms with E-state index in [1.807, 2.05) is 36.4 Å². The zero-order chi connectivity index (χ0) is 21.0. The van der Waals surface area contributed by atoms with Gasteiger partial charge in [-0.3, -0.25) is 9.59 Å². The van der Waals surface area contributed by atoms with Gasteiger partial charge in [0.15, 0.2) is 0 Å². The maximum Gasteiger partial charge on any atom is 0.302 e. The molecule has 0 atom stereocenters. The molecule has 0 fully saturated rings. The molecule has 0 saturated heterocycles. The molecule has 0 heterocycles. The molecule has 0 amide bonds. The van der Waals surface area contributed by atoms with Crippen molar-refractivity contribution >= 4 is 11.9 Å². The van der Waals surface area contributed by atoms with E-state index in [-0.39, 0.29) is 25.2 Å². The van der Waals surface area contributed by atoms with Crippen molar-refractivity contribution < 1.29 is 19.1 Å². The van der Waals surface area contributed by atoms with E-state index < -0.39 is 5.41 Å². The van der Waals surface area contributed by atoms with Crippen LogP contribution in [0.1, 0.15) is 49.9 Å². The summed E-state index contributed by atoms with van der Waals surface area (Å²) in [6, 6.07) is 11.9. The van der Waals surface area contributed by atoms with Gasteiger partial charge in [0.25, 0.3) is 0 Å². The first-order valence-electron chi connectivity index (χ1n) is 9.33. The summed E-state index contributed by atoms with van der Waals surface area (Å²) < 4.78 is 10.9. The lowest BCUT2D eigenvalue weighted by Crippen LogP contribution is -2.38. The summed E-state index contributed by atoms with van der Waals surface area (Å²) >= 11 is 0.